The van der Waals surface area contributed by atoms with Gasteiger partial charge in [-0.05, 0) is 36.6 Å². The second-order valence-electron chi connectivity index (χ2n) is 9.33. The van der Waals surface area contributed by atoms with E-state index in [-0.39, 0.29) is 23.5 Å². The van der Waals surface area contributed by atoms with Crippen LogP contribution in [-0.4, -0.2) is 65.7 Å². The Morgan fingerprint density at radius 1 is 1.23 bits per heavy atom. The quantitative estimate of drug-likeness (QED) is 0.724. The lowest BCUT2D eigenvalue weighted by atomic mass is 9.91. The highest BCUT2D eigenvalue weighted by Gasteiger charge is 2.38. The van der Waals surface area contributed by atoms with Crippen LogP contribution in [0.15, 0.2) is 23.6 Å². The lowest BCUT2D eigenvalue weighted by molar-refractivity contribution is -0.0153. The number of amides is 2. The van der Waals surface area contributed by atoms with Crippen LogP contribution in [0.5, 0.6) is 5.75 Å². The largest absolute Gasteiger partial charge is 0.493 e. The molecule has 7 nitrogen and oxygen atoms in total. The number of rotatable bonds is 3. The number of cyclic esters (lactones) is 1. The molecule has 0 spiro atoms. The summed E-state index contributed by atoms with van der Waals surface area (Å²) in [5, 5.41) is 2.70. The SMILES string of the molecule is CC1(C)COC(=O)N(C2CCN(C(=O)c3csc(-c4ccc5c(c4)CCO5)n3)CC2)C1. The minimum absolute atomic E-state index is 0.0352. The third-order valence-corrected chi connectivity index (χ3v) is 7.16. The van der Waals surface area contributed by atoms with Crippen molar-refractivity contribution in [3.05, 3.63) is 34.8 Å². The monoisotopic (exact) mass is 441 g/mol. The summed E-state index contributed by atoms with van der Waals surface area (Å²) < 4.78 is 10.9. The van der Waals surface area contributed by atoms with Crippen LogP contribution in [0.3, 0.4) is 0 Å². The zero-order chi connectivity index (χ0) is 21.6. The van der Waals surface area contributed by atoms with Gasteiger partial charge in [0.25, 0.3) is 5.91 Å². The van der Waals surface area contributed by atoms with Gasteiger partial charge in [0.2, 0.25) is 0 Å². The summed E-state index contributed by atoms with van der Waals surface area (Å²) in [4.78, 5) is 33.6. The van der Waals surface area contributed by atoms with Gasteiger partial charge in [-0.15, -0.1) is 11.3 Å². The van der Waals surface area contributed by atoms with Crippen LogP contribution in [0.25, 0.3) is 10.6 Å². The first-order valence-corrected chi connectivity index (χ1v) is 11.7. The molecule has 3 aliphatic heterocycles. The zero-order valence-corrected chi connectivity index (χ0v) is 18.7. The predicted octanol–water partition coefficient (Wildman–Crippen LogP) is 3.83. The van der Waals surface area contributed by atoms with Crippen molar-refractivity contribution in [3.8, 4) is 16.3 Å². The number of ether oxygens (including phenoxy) is 2. The number of benzene rings is 1. The fraction of sp³-hybridized carbons (Fsp3) is 0.522. The van der Waals surface area contributed by atoms with Crippen molar-refractivity contribution in [1.29, 1.82) is 0 Å². The van der Waals surface area contributed by atoms with Crippen LogP contribution in [0, 0.1) is 5.41 Å². The van der Waals surface area contributed by atoms with Crippen molar-refractivity contribution < 1.29 is 19.1 Å². The summed E-state index contributed by atoms with van der Waals surface area (Å²) in [5.41, 5.74) is 2.68. The topological polar surface area (TPSA) is 72.0 Å². The number of carbonyl (C=O) groups is 2. The van der Waals surface area contributed by atoms with Crippen molar-refractivity contribution in [2.24, 2.45) is 5.41 Å². The van der Waals surface area contributed by atoms with Crippen molar-refractivity contribution >= 4 is 23.3 Å². The highest BCUT2D eigenvalue weighted by Crippen LogP contribution is 2.33. The van der Waals surface area contributed by atoms with Gasteiger partial charge >= 0.3 is 6.09 Å². The molecule has 0 aliphatic carbocycles. The summed E-state index contributed by atoms with van der Waals surface area (Å²) in [6, 6.07) is 6.22. The molecule has 8 heteroatoms. The van der Waals surface area contributed by atoms with Gasteiger partial charge in [0.05, 0.1) is 13.2 Å². The van der Waals surface area contributed by atoms with E-state index in [1.54, 1.807) is 0 Å². The number of piperidine rings is 1. The highest BCUT2D eigenvalue weighted by atomic mass is 32.1. The number of likely N-dealkylation sites (tertiary alicyclic amines) is 1. The molecule has 0 radical (unpaired) electrons. The fourth-order valence-corrected chi connectivity index (χ4v) is 5.35. The Balaban J connectivity index is 1.23. The number of aromatic nitrogens is 1. The lowest BCUT2D eigenvalue weighted by Crippen LogP contribution is -2.55. The minimum atomic E-state index is -0.229. The summed E-state index contributed by atoms with van der Waals surface area (Å²) in [6.45, 7) is 7.35. The van der Waals surface area contributed by atoms with Crippen molar-refractivity contribution in [3.63, 3.8) is 0 Å². The Morgan fingerprint density at radius 3 is 2.84 bits per heavy atom. The average molecular weight is 442 g/mol. The number of nitrogens with zero attached hydrogens (tertiary/aromatic N) is 3. The van der Waals surface area contributed by atoms with E-state index in [1.165, 1.54) is 16.9 Å². The Hall–Kier alpha value is -2.61. The van der Waals surface area contributed by atoms with Gasteiger partial charge in [0, 0.05) is 48.5 Å². The third kappa shape index (κ3) is 4.01. The number of thiazole rings is 1. The molecule has 0 unspecified atom stereocenters. The van der Waals surface area contributed by atoms with Crippen molar-refractivity contribution in [1.82, 2.24) is 14.8 Å². The second-order valence-corrected chi connectivity index (χ2v) is 10.2. The van der Waals surface area contributed by atoms with Crippen molar-refractivity contribution in [2.45, 2.75) is 39.2 Å². The van der Waals surface area contributed by atoms with E-state index < -0.39 is 0 Å². The van der Waals surface area contributed by atoms with Crippen LogP contribution in [0.2, 0.25) is 0 Å². The molecule has 4 heterocycles. The van der Waals surface area contributed by atoms with Gasteiger partial charge < -0.3 is 19.3 Å². The van der Waals surface area contributed by atoms with E-state index in [0.717, 1.165) is 42.2 Å². The molecule has 3 aliphatic rings. The maximum atomic E-state index is 13.0. The van der Waals surface area contributed by atoms with Crippen LogP contribution >= 0.6 is 11.3 Å². The second kappa shape index (κ2) is 7.82. The van der Waals surface area contributed by atoms with Gasteiger partial charge in [-0.1, -0.05) is 13.8 Å². The van der Waals surface area contributed by atoms with Gasteiger partial charge in [-0.3, -0.25) is 4.79 Å². The predicted molar refractivity (Wildman–Crippen MR) is 118 cm³/mol. The molecule has 2 saturated heterocycles. The van der Waals surface area contributed by atoms with E-state index in [2.05, 4.69) is 24.9 Å². The normalized spacial score (nSPS) is 20.9. The average Bonchev–Trinajstić information content (AvgIpc) is 3.44. The molecule has 1 aromatic carbocycles. The van der Waals surface area contributed by atoms with Gasteiger partial charge in [0.15, 0.2) is 0 Å². The molecule has 2 fully saturated rings. The van der Waals surface area contributed by atoms with Crippen LogP contribution in [0.1, 0.15) is 42.7 Å². The molecule has 31 heavy (non-hydrogen) atoms. The molecule has 2 amide bonds. The number of fused-ring (bicyclic) bond motifs is 1. The molecular weight excluding hydrogens is 414 g/mol. The van der Waals surface area contributed by atoms with Gasteiger partial charge in [0.1, 0.15) is 16.5 Å². The molecule has 0 saturated carbocycles. The Labute approximate surface area is 186 Å². The number of hydrogen-bond donors (Lipinski definition) is 0. The van der Waals surface area contributed by atoms with Gasteiger partial charge in [-0.25, -0.2) is 9.78 Å². The molecule has 0 N–H and O–H groups in total. The van der Waals surface area contributed by atoms with Crippen LogP contribution in [0.4, 0.5) is 4.79 Å². The molecule has 164 valence electrons. The Morgan fingerprint density at radius 2 is 2.03 bits per heavy atom. The first kappa shape index (κ1) is 20.3. The maximum Gasteiger partial charge on any atom is 0.410 e. The highest BCUT2D eigenvalue weighted by molar-refractivity contribution is 7.13. The summed E-state index contributed by atoms with van der Waals surface area (Å²) >= 11 is 1.49. The summed E-state index contributed by atoms with van der Waals surface area (Å²) in [6.07, 6.45) is 2.21. The number of carbonyl (C=O) groups excluding carboxylic acids is 2. The van der Waals surface area contributed by atoms with Crippen molar-refractivity contribution in [2.75, 3.05) is 32.8 Å². The molecule has 1 aromatic heterocycles. The van der Waals surface area contributed by atoms with E-state index in [4.69, 9.17) is 9.47 Å². The van der Waals surface area contributed by atoms with Crippen LogP contribution in [-0.2, 0) is 11.2 Å². The summed E-state index contributed by atoms with van der Waals surface area (Å²) in [5.74, 6) is 0.910. The standard InChI is InChI=1S/C23H27N3O4S/c1-23(2)13-26(22(28)30-14-23)17-5-8-25(9-6-17)21(27)18-12-31-20(24-18)16-3-4-19-15(11-16)7-10-29-19/h3-4,11-12,17H,5-10,13-14H2,1-2H3. The van der Waals surface area contributed by atoms with E-state index in [1.807, 2.05) is 27.3 Å². The third-order valence-electron chi connectivity index (χ3n) is 6.27. The Kier molecular flexibility index (Phi) is 5.12. The molecular formula is C23H27N3O4S. The van der Waals surface area contributed by atoms with E-state index in [0.29, 0.717) is 31.9 Å². The zero-order valence-electron chi connectivity index (χ0n) is 17.9. The molecule has 0 bridgehead atoms. The van der Waals surface area contributed by atoms with E-state index >= 15 is 0 Å². The van der Waals surface area contributed by atoms with Gasteiger partial charge in [-0.2, -0.15) is 0 Å². The van der Waals surface area contributed by atoms with E-state index in [9.17, 15) is 9.59 Å². The lowest BCUT2D eigenvalue weighted by Gasteiger charge is -2.44. The molecule has 0 atom stereocenters. The number of hydrogen-bond acceptors (Lipinski definition) is 6. The molecule has 5 rings (SSSR count). The fourth-order valence-electron chi connectivity index (χ4n) is 4.56. The minimum Gasteiger partial charge on any atom is -0.493 e. The smallest absolute Gasteiger partial charge is 0.410 e. The molecule has 2 aromatic rings. The maximum absolute atomic E-state index is 13.0. The van der Waals surface area contributed by atoms with Crippen LogP contribution < -0.4 is 4.74 Å². The summed E-state index contributed by atoms with van der Waals surface area (Å²) in [7, 11) is 0. The Bertz CT molecular complexity index is 1010. The first-order chi connectivity index (χ1) is 14.9. The first-order valence-electron chi connectivity index (χ1n) is 10.8.